The molecule has 2 N–H and O–H groups in total. The summed E-state index contributed by atoms with van der Waals surface area (Å²) in [5.41, 5.74) is 0.680. The molecule has 0 bridgehead atoms. The van der Waals surface area contributed by atoms with E-state index >= 15 is 0 Å². The number of carboxylic acids is 1. The summed E-state index contributed by atoms with van der Waals surface area (Å²) in [6.07, 6.45) is 0.00837. The third-order valence-corrected chi connectivity index (χ3v) is 4.81. The van der Waals surface area contributed by atoms with Crippen LogP contribution >= 0.6 is 0 Å². The van der Waals surface area contributed by atoms with Crippen LogP contribution in [0.25, 0.3) is 0 Å². The molecule has 1 rings (SSSR count). The zero-order valence-corrected chi connectivity index (χ0v) is 14.1. The molecule has 8 heteroatoms. The Morgan fingerprint density at radius 3 is 2.26 bits per heavy atom. The van der Waals surface area contributed by atoms with Crippen molar-refractivity contribution in [1.82, 2.24) is 9.62 Å². The summed E-state index contributed by atoms with van der Waals surface area (Å²) < 4.78 is 26.0. The van der Waals surface area contributed by atoms with Crippen molar-refractivity contribution in [2.75, 3.05) is 19.6 Å². The number of rotatable bonds is 9. The van der Waals surface area contributed by atoms with Crippen molar-refractivity contribution in [3.05, 3.63) is 29.8 Å². The van der Waals surface area contributed by atoms with Gasteiger partial charge in [0.15, 0.2) is 0 Å². The summed E-state index contributed by atoms with van der Waals surface area (Å²) >= 11 is 0. The Morgan fingerprint density at radius 1 is 1.17 bits per heavy atom. The fourth-order valence-corrected chi connectivity index (χ4v) is 3.08. The number of hydrogen-bond acceptors (Lipinski definition) is 4. The third kappa shape index (κ3) is 5.99. The van der Waals surface area contributed by atoms with Crippen LogP contribution < -0.4 is 4.72 Å². The van der Waals surface area contributed by atoms with Crippen LogP contribution in [0, 0.1) is 0 Å². The highest BCUT2D eigenvalue weighted by Gasteiger charge is 2.15. The highest BCUT2D eigenvalue weighted by molar-refractivity contribution is 7.89. The maximum atomic E-state index is 12.1. The van der Waals surface area contributed by atoms with E-state index in [1.807, 2.05) is 0 Å². The molecule has 0 fully saturated rings. The van der Waals surface area contributed by atoms with Crippen molar-refractivity contribution in [2.45, 2.75) is 31.6 Å². The summed E-state index contributed by atoms with van der Waals surface area (Å²) in [6, 6.07) is 6.09. The van der Waals surface area contributed by atoms with E-state index in [1.165, 1.54) is 17.0 Å². The van der Waals surface area contributed by atoms with Gasteiger partial charge < -0.3 is 10.0 Å². The van der Waals surface area contributed by atoms with Gasteiger partial charge in [-0.05, 0) is 24.6 Å². The van der Waals surface area contributed by atoms with Crippen LogP contribution in [0.15, 0.2) is 29.2 Å². The van der Waals surface area contributed by atoms with Gasteiger partial charge in [-0.3, -0.25) is 9.59 Å². The van der Waals surface area contributed by atoms with E-state index in [9.17, 15) is 18.0 Å². The van der Waals surface area contributed by atoms with Crippen LogP contribution in [-0.2, 0) is 26.0 Å². The first-order valence-corrected chi connectivity index (χ1v) is 8.86. The number of nitrogens with zero attached hydrogens (tertiary/aromatic N) is 1. The first-order valence-electron chi connectivity index (χ1n) is 7.38. The summed E-state index contributed by atoms with van der Waals surface area (Å²) in [5.74, 6) is -1.13. The second kappa shape index (κ2) is 8.64. The van der Waals surface area contributed by atoms with Crippen LogP contribution in [0.3, 0.4) is 0 Å². The number of carbonyl (C=O) groups excluding carboxylic acids is 1. The van der Waals surface area contributed by atoms with Gasteiger partial charge in [0.1, 0.15) is 0 Å². The zero-order valence-electron chi connectivity index (χ0n) is 13.3. The van der Waals surface area contributed by atoms with Gasteiger partial charge in [-0.25, -0.2) is 13.1 Å². The summed E-state index contributed by atoms with van der Waals surface area (Å²) in [7, 11) is -3.51. The molecule has 0 aliphatic carbocycles. The maximum absolute atomic E-state index is 12.1. The Kier molecular flexibility index (Phi) is 7.18. The minimum atomic E-state index is -3.51. The first kappa shape index (κ1) is 19.1. The maximum Gasteiger partial charge on any atom is 0.305 e. The standard InChI is InChI=1S/C15H22N2O5S/c1-3-16-23(21,22)13-7-5-12(6-8-13)11-14(18)17(4-2)10-9-15(19)20/h5-8,16H,3-4,9-11H2,1-2H3,(H,19,20). The smallest absolute Gasteiger partial charge is 0.305 e. The van der Waals surface area contributed by atoms with Gasteiger partial charge in [-0.2, -0.15) is 0 Å². The van der Waals surface area contributed by atoms with Gasteiger partial charge in [0.05, 0.1) is 17.7 Å². The Balaban J connectivity index is 2.73. The van der Waals surface area contributed by atoms with E-state index in [1.54, 1.807) is 26.0 Å². The second-order valence-corrected chi connectivity index (χ2v) is 6.71. The zero-order chi connectivity index (χ0) is 17.5. The van der Waals surface area contributed by atoms with Crippen molar-refractivity contribution in [3.63, 3.8) is 0 Å². The highest BCUT2D eigenvalue weighted by atomic mass is 32.2. The predicted octanol–water partition coefficient (Wildman–Crippen LogP) is 0.851. The predicted molar refractivity (Wildman–Crippen MR) is 85.5 cm³/mol. The number of amides is 1. The average Bonchev–Trinajstić information content (AvgIpc) is 2.48. The van der Waals surface area contributed by atoms with Gasteiger partial charge in [0.25, 0.3) is 0 Å². The summed E-state index contributed by atoms with van der Waals surface area (Å²) in [5, 5.41) is 8.68. The van der Waals surface area contributed by atoms with E-state index in [2.05, 4.69) is 4.72 Å². The van der Waals surface area contributed by atoms with Gasteiger partial charge in [-0.15, -0.1) is 0 Å². The van der Waals surface area contributed by atoms with Gasteiger partial charge >= 0.3 is 5.97 Å². The lowest BCUT2D eigenvalue weighted by Crippen LogP contribution is -2.34. The molecule has 0 radical (unpaired) electrons. The van der Waals surface area contributed by atoms with Crippen molar-refractivity contribution >= 4 is 21.9 Å². The van der Waals surface area contributed by atoms with Crippen LogP contribution in [0.1, 0.15) is 25.8 Å². The number of carbonyl (C=O) groups is 2. The number of carboxylic acid groups (broad SMARTS) is 1. The Morgan fingerprint density at radius 2 is 1.78 bits per heavy atom. The Bertz CT molecular complexity index is 640. The first-order chi connectivity index (χ1) is 10.8. The molecule has 0 unspecified atom stereocenters. The number of likely N-dealkylation sites (N-methyl/N-ethyl adjacent to an activating group) is 1. The fraction of sp³-hybridized carbons (Fsp3) is 0.467. The van der Waals surface area contributed by atoms with E-state index in [-0.39, 0.29) is 30.2 Å². The molecule has 23 heavy (non-hydrogen) atoms. The van der Waals surface area contributed by atoms with Crippen molar-refractivity contribution in [2.24, 2.45) is 0 Å². The van der Waals surface area contributed by atoms with Crippen molar-refractivity contribution in [1.29, 1.82) is 0 Å². The van der Waals surface area contributed by atoms with E-state index < -0.39 is 16.0 Å². The molecule has 0 aliphatic rings. The van der Waals surface area contributed by atoms with E-state index in [0.29, 0.717) is 18.7 Å². The monoisotopic (exact) mass is 342 g/mol. The molecular weight excluding hydrogens is 320 g/mol. The molecule has 0 spiro atoms. The normalized spacial score (nSPS) is 11.2. The highest BCUT2D eigenvalue weighted by Crippen LogP contribution is 2.12. The van der Waals surface area contributed by atoms with Gasteiger partial charge in [0.2, 0.25) is 15.9 Å². The molecule has 0 saturated carbocycles. The number of nitrogens with one attached hydrogen (secondary N) is 1. The Labute approximate surface area is 136 Å². The summed E-state index contributed by atoms with van der Waals surface area (Å²) in [6.45, 7) is 4.38. The molecule has 1 aromatic rings. The minimum Gasteiger partial charge on any atom is -0.481 e. The largest absolute Gasteiger partial charge is 0.481 e. The second-order valence-electron chi connectivity index (χ2n) is 4.94. The molecule has 1 amide bonds. The molecule has 0 saturated heterocycles. The molecule has 0 atom stereocenters. The van der Waals surface area contributed by atoms with Crippen LogP contribution in [-0.4, -0.2) is 49.9 Å². The number of aliphatic carboxylic acids is 1. The Hall–Kier alpha value is -1.93. The molecule has 0 heterocycles. The SMILES string of the molecule is CCNS(=O)(=O)c1ccc(CC(=O)N(CC)CCC(=O)O)cc1. The molecule has 7 nitrogen and oxygen atoms in total. The average molecular weight is 342 g/mol. The van der Waals surface area contributed by atoms with Crippen molar-refractivity contribution in [3.8, 4) is 0 Å². The molecule has 0 aliphatic heterocycles. The lowest BCUT2D eigenvalue weighted by atomic mass is 10.1. The topological polar surface area (TPSA) is 104 Å². The lowest BCUT2D eigenvalue weighted by molar-refractivity contribution is -0.138. The van der Waals surface area contributed by atoms with Crippen molar-refractivity contribution < 1.29 is 23.1 Å². The third-order valence-electron chi connectivity index (χ3n) is 3.25. The fourth-order valence-electron chi connectivity index (χ4n) is 2.04. The number of benzene rings is 1. The van der Waals surface area contributed by atoms with Gasteiger partial charge in [0, 0.05) is 19.6 Å². The molecule has 128 valence electrons. The van der Waals surface area contributed by atoms with Crippen LogP contribution in [0.5, 0.6) is 0 Å². The summed E-state index contributed by atoms with van der Waals surface area (Å²) in [4.78, 5) is 24.3. The van der Waals surface area contributed by atoms with E-state index in [0.717, 1.165) is 0 Å². The lowest BCUT2D eigenvalue weighted by Gasteiger charge is -2.20. The van der Waals surface area contributed by atoms with Crippen LogP contribution in [0.4, 0.5) is 0 Å². The number of sulfonamides is 1. The van der Waals surface area contributed by atoms with Gasteiger partial charge in [-0.1, -0.05) is 19.1 Å². The molecule has 1 aromatic carbocycles. The minimum absolute atomic E-state index is 0.0978. The van der Waals surface area contributed by atoms with Crippen LogP contribution in [0.2, 0.25) is 0 Å². The quantitative estimate of drug-likeness (QED) is 0.692. The number of hydrogen-bond donors (Lipinski definition) is 2. The van der Waals surface area contributed by atoms with E-state index in [4.69, 9.17) is 5.11 Å². The molecule has 0 aromatic heterocycles. The molecular formula is C15H22N2O5S.